The first-order valence-electron chi connectivity index (χ1n) is 4.52. The van der Waals surface area contributed by atoms with E-state index in [9.17, 15) is 15.3 Å². The number of fused-ring (bicyclic) bond motifs is 1. The number of hydrogen-bond acceptors (Lipinski definition) is 3. The van der Waals surface area contributed by atoms with Gasteiger partial charge in [-0.1, -0.05) is 18.2 Å². The highest BCUT2D eigenvalue weighted by molar-refractivity contribution is 14.2. The monoisotopic (exact) mass is 348 g/mol. The van der Waals surface area contributed by atoms with E-state index in [2.05, 4.69) is 0 Å². The number of benzene rings is 2. The van der Waals surface area contributed by atoms with E-state index in [4.69, 9.17) is 5.11 Å². The van der Waals surface area contributed by atoms with Gasteiger partial charge >= 0.3 is 25.8 Å². The molecule has 88 valence electrons. The lowest BCUT2D eigenvalue weighted by Gasteiger charge is -2.04. The van der Waals surface area contributed by atoms with Crippen molar-refractivity contribution >= 4 is 36.5 Å². The Bertz CT molecular complexity index is 683. The van der Waals surface area contributed by atoms with Crippen LogP contribution in [0.3, 0.4) is 0 Å². The summed E-state index contributed by atoms with van der Waals surface area (Å²) in [6.07, 6.45) is 0. The Kier molecular flexibility index (Phi) is 3.05. The van der Waals surface area contributed by atoms with Crippen LogP contribution in [-0.2, 0) is 6.14 Å². The average Bonchev–Trinajstić information content (AvgIpc) is 2.27. The lowest BCUT2D eigenvalue weighted by molar-refractivity contribution is 0.0696. The predicted octanol–water partition coefficient (Wildman–Crippen LogP) is 3.04. The largest absolute Gasteiger partial charge is 0.478 e. The van der Waals surface area contributed by atoms with Gasteiger partial charge in [-0.05, 0) is 12.1 Å². The lowest BCUT2D eigenvalue weighted by atomic mass is 10.1. The maximum atomic E-state index is 13.4. The molecule has 0 aliphatic heterocycles. The number of aromatic carboxylic acids is 1. The van der Waals surface area contributed by atoms with Crippen LogP contribution in [0.1, 0.15) is 10.4 Å². The van der Waals surface area contributed by atoms with Crippen molar-refractivity contribution in [1.82, 2.24) is 0 Å². The molecule has 0 unspecified atom stereocenters. The van der Waals surface area contributed by atoms with Gasteiger partial charge in [0.1, 0.15) is 5.82 Å². The molecule has 0 spiro atoms. The van der Waals surface area contributed by atoms with Gasteiger partial charge in [0.2, 0.25) is 0 Å². The minimum absolute atomic E-state index is 0.113. The zero-order valence-electron chi connectivity index (χ0n) is 8.31. The third-order valence-corrected chi connectivity index (χ3v) is 4.37. The van der Waals surface area contributed by atoms with Crippen LogP contribution in [0, 0.1) is 9.39 Å². The Morgan fingerprint density at radius 2 is 1.82 bits per heavy atom. The van der Waals surface area contributed by atoms with Crippen LogP contribution in [0.2, 0.25) is 0 Å². The fourth-order valence-corrected chi connectivity index (χ4v) is 3.44. The number of carbonyl (C=O) groups is 1. The van der Waals surface area contributed by atoms with E-state index in [1.54, 1.807) is 0 Å². The van der Waals surface area contributed by atoms with Gasteiger partial charge in [0, 0.05) is 10.8 Å². The van der Waals surface area contributed by atoms with Crippen LogP contribution in [-0.4, -0.2) is 11.1 Å². The molecule has 0 aromatic heterocycles. The van der Waals surface area contributed by atoms with Gasteiger partial charge in [0.05, 0.1) is 9.13 Å². The summed E-state index contributed by atoms with van der Waals surface area (Å²) in [5.74, 6) is -1.90. The van der Waals surface area contributed by atoms with Gasteiger partial charge in [-0.3, -0.25) is 0 Å². The second kappa shape index (κ2) is 4.36. The van der Waals surface area contributed by atoms with Crippen LogP contribution in [0.5, 0.6) is 0 Å². The van der Waals surface area contributed by atoms with Crippen LogP contribution >= 0.6 is 19.8 Å². The second-order valence-electron chi connectivity index (χ2n) is 3.28. The highest BCUT2D eigenvalue weighted by atomic mass is 127. The Balaban J connectivity index is 3.00. The molecule has 6 heteroatoms. The molecule has 2 aromatic carbocycles. The van der Waals surface area contributed by atoms with E-state index in [0.29, 0.717) is 0 Å². The quantitative estimate of drug-likeness (QED) is 0.847. The fourth-order valence-electron chi connectivity index (χ4n) is 1.61. The highest BCUT2D eigenvalue weighted by Gasteiger charge is 2.18. The normalized spacial score (nSPS) is 10.9. The molecular weight excluding hydrogens is 342 g/mol. The van der Waals surface area contributed by atoms with E-state index in [1.807, 2.05) is 0 Å². The van der Waals surface area contributed by atoms with Gasteiger partial charge in [0.25, 0.3) is 0 Å². The molecule has 0 atom stereocenters. The minimum atomic E-state index is -4.02. The van der Waals surface area contributed by atoms with Gasteiger partial charge < -0.3 is 5.11 Å². The number of rotatable bonds is 2. The molecule has 1 N–H and O–H groups in total. The first kappa shape index (κ1) is 11.9. The molecule has 0 saturated heterocycles. The molecular formula is C11H6FIO4. The molecule has 0 amide bonds. The Morgan fingerprint density at radius 1 is 1.12 bits per heavy atom. The van der Waals surface area contributed by atoms with Crippen molar-refractivity contribution < 1.29 is 20.4 Å². The van der Waals surface area contributed by atoms with Crippen molar-refractivity contribution in [3.05, 3.63) is 45.3 Å². The molecule has 0 aliphatic carbocycles. The maximum absolute atomic E-state index is 13.4. The smallest absolute Gasteiger partial charge is 0.342 e. The Labute approximate surface area is 102 Å². The van der Waals surface area contributed by atoms with Crippen LogP contribution in [0.4, 0.5) is 4.39 Å². The Hall–Kier alpha value is -1.57. The first-order valence-corrected chi connectivity index (χ1v) is 7.36. The molecule has 0 bridgehead atoms. The fraction of sp³-hybridized carbons (Fsp3) is 0. The molecule has 4 nitrogen and oxygen atoms in total. The van der Waals surface area contributed by atoms with Crippen molar-refractivity contribution in [3.63, 3.8) is 0 Å². The standard InChI is InChI=1S/C11H6FIO4/c12-9-3-1-2-7-6(9)4-5-8(11(14)15)10(7)13(16)17/h1-5H,(H,14,15). The van der Waals surface area contributed by atoms with Gasteiger partial charge in [-0.15, -0.1) is 0 Å². The molecule has 0 fully saturated rings. The molecule has 0 radical (unpaired) electrons. The number of hydrogen-bond donors (Lipinski definition) is 1. The van der Waals surface area contributed by atoms with E-state index >= 15 is 0 Å². The summed E-state index contributed by atoms with van der Waals surface area (Å²) in [4.78, 5) is 10.9. The van der Waals surface area contributed by atoms with E-state index in [1.165, 1.54) is 24.3 Å². The third-order valence-electron chi connectivity index (χ3n) is 2.33. The summed E-state index contributed by atoms with van der Waals surface area (Å²) in [5.41, 5.74) is -0.307. The van der Waals surface area contributed by atoms with Crippen molar-refractivity contribution in [2.24, 2.45) is 0 Å². The van der Waals surface area contributed by atoms with Gasteiger partial charge in [0.15, 0.2) is 0 Å². The van der Waals surface area contributed by atoms with E-state index in [0.717, 1.165) is 6.07 Å². The van der Waals surface area contributed by atoms with Crippen LogP contribution in [0.15, 0.2) is 30.3 Å². The maximum Gasteiger partial charge on any atom is 0.342 e. The molecule has 2 aromatic rings. The van der Waals surface area contributed by atoms with E-state index < -0.39 is 31.6 Å². The molecule has 2 rings (SSSR count). The molecule has 17 heavy (non-hydrogen) atoms. The average molecular weight is 348 g/mol. The number of carboxylic acid groups (broad SMARTS) is 1. The summed E-state index contributed by atoms with van der Waals surface area (Å²) in [7, 11) is 0. The second-order valence-corrected chi connectivity index (χ2v) is 5.60. The zero-order valence-corrected chi connectivity index (χ0v) is 10.5. The first-order chi connectivity index (χ1) is 8.02. The summed E-state index contributed by atoms with van der Waals surface area (Å²) in [6, 6.07) is 6.34. The summed E-state index contributed by atoms with van der Waals surface area (Å²) in [6.45, 7) is 0. The summed E-state index contributed by atoms with van der Waals surface area (Å²) < 4.78 is 35.6. The third kappa shape index (κ3) is 1.99. The zero-order chi connectivity index (χ0) is 12.6. The molecule has 0 saturated carbocycles. The van der Waals surface area contributed by atoms with Crippen molar-refractivity contribution in [1.29, 1.82) is 0 Å². The lowest BCUT2D eigenvalue weighted by Crippen LogP contribution is -2.01. The van der Waals surface area contributed by atoms with Gasteiger partial charge in [-0.25, -0.2) is 15.3 Å². The molecule has 0 heterocycles. The van der Waals surface area contributed by atoms with Crippen LogP contribution in [0.25, 0.3) is 10.8 Å². The molecule has 0 aliphatic rings. The van der Waals surface area contributed by atoms with Crippen molar-refractivity contribution in [2.75, 3.05) is 0 Å². The summed E-state index contributed by atoms with van der Waals surface area (Å²) in [5, 5.41) is 9.13. The Morgan fingerprint density at radius 3 is 2.41 bits per heavy atom. The summed E-state index contributed by atoms with van der Waals surface area (Å²) >= 11 is -4.02. The number of halogens is 2. The van der Waals surface area contributed by atoms with Gasteiger partial charge in [-0.2, -0.15) is 0 Å². The number of carboxylic acids is 1. The van der Waals surface area contributed by atoms with E-state index in [-0.39, 0.29) is 19.9 Å². The topological polar surface area (TPSA) is 71.4 Å². The predicted molar refractivity (Wildman–Crippen MR) is 65.0 cm³/mol. The minimum Gasteiger partial charge on any atom is -0.478 e. The van der Waals surface area contributed by atoms with Crippen molar-refractivity contribution in [3.8, 4) is 0 Å². The van der Waals surface area contributed by atoms with Crippen LogP contribution < -0.4 is 0 Å². The SMILES string of the molecule is O=C(O)c1ccc2c(F)cccc2c1I(=O)=O. The van der Waals surface area contributed by atoms with Crippen molar-refractivity contribution in [2.45, 2.75) is 0 Å². The highest BCUT2D eigenvalue weighted by Crippen LogP contribution is 2.31.